The highest BCUT2D eigenvalue weighted by molar-refractivity contribution is 7.09. The molecule has 0 radical (unpaired) electrons. The van der Waals surface area contributed by atoms with Gasteiger partial charge in [0.25, 0.3) is 0 Å². The number of aromatic nitrogens is 1. The van der Waals surface area contributed by atoms with Gasteiger partial charge < -0.3 is 10.6 Å². The second-order valence-electron chi connectivity index (χ2n) is 5.64. The summed E-state index contributed by atoms with van der Waals surface area (Å²) in [6.45, 7) is 3.00. The highest BCUT2D eigenvalue weighted by Crippen LogP contribution is 2.32. The van der Waals surface area contributed by atoms with E-state index < -0.39 is 0 Å². The summed E-state index contributed by atoms with van der Waals surface area (Å²) in [5, 5.41) is 2.14. The van der Waals surface area contributed by atoms with E-state index in [4.69, 9.17) is 5.73 Å². The molecule has 1 fully saturated rings. The first-order chi connectivity index (χ1) is 9.72. The number of thiophene rings is 1. The van der Waals surface area contributed by atoms with Gasteiger partial charge in [-0.2, -0.15) is 0 Å². The van der Waals surface area contributed by atoms with Crippen molar-refractivity contribution in [3.63, 3.8) is 0 Å². The standard InChI is InChI=1S/C16H21N3S/c1-12(17)9-13-4-7-16(18-10-13)19(14-5-6-14)11-15-3-2-8-20-15/h2-4,7-8,10,12,14H,5-6,9,11,17H2,1H3. The van der Waals surface area contributed by atoms with Gasteiger partial charge in [0, 0.05) is 23.2 Å². The first-order valence-corrected chi connectivity index (χ1v) is 8.10. The third-order valence-electron chi connectivity index (χ3n) is 3.55. The molecule has 2 aromatic heterocycles. The minimum atomic E-state index is 0.188. The normalized spacial score (nSPS) is 16.1. The van der Waals surface area contributed by atoms with Crippen LogP contribution < -0.4 is 10.6 Å². The fourth-order valence-corrected chi connectivity index (χ4v) is 3.14. The average Bonchev–Trinajstić information content (AvgIpc) is 3.14. The minimum Gasteiger partial charge on any atom is -0.348 e. The van der Waals surface area contributed by atoms with Crippen LogP contribution in [-0.4, -0.2) is 17.1 Å². The molecule has 2 N–H and O–H groups in total. The molecule has 0 aliphatic heterocycles. The number of rotatable bonds is 6. The summed E-state index contributed by atoms with van der Waals surface area (Å²) >= 11 is 1.82. The molecule has 0 amide bonds. The van der Waals surface area contributed by atoms with Crippen molar-refractivity contribution in [3.8, 4) is 0 Å². The zero-order valence-electron chi connectivity index (χ0n) is 11.8. The lowest BCUT2D eigenvalue weighted by Gasteiger charge is -2.23. The summed E-state index contributed by atoms with van der Waals surface area (Å²) < 4.78 is 0. The summed E-state index contributed by atoms with van der Waals surface area (Å²) in [5.74, 6) is 1.09. The van der Waals surface area contributed by atoms with Crippen molar-refractivity contribution < 1.29 is 0 Å². The van der Waals surface area contributed by atoms with Gasteiger partial charge in [0.05, 0.1) is 6.54 Å². The number of pyridine rings is 1. The van der Waals surface area contributed by atoms with E-state index in [-0.39, 0.29) is 6.04 Å². The van der Waals surface area contributed by atoms with Gasteiger partial charge in [-0.05, 0) is 49.3 Å². The topological polar surface area (TPSA) is 42.1 Å². The summed E-state index contributed by atoms with van der Waals surface area (Å²) in [6.07, 6.45) is 5.44. The first-order valence-electron chi connectivity index (χ1n) is 7.22. The lowest BCUT2D eigenvalue weighted by Crippen LogP contribution is -2.25. The van der Waals surface area contributed by atoms with Crippen LogP contribution in [-0.2, 0) is 13.0 Å². The van der Waals surface area contributed by atoms with Crippen LogP contribution in [0.3, 0.4) is 0 Å². The molecule has 1 atom stereocenters. The zero-order valence-corrected chi connectivity index (χ0v) is 12.6. The molecular weight excluding hydrogens is 266 g/mol. The predicted molar refractivity (Wildman–Crippen MR) is 85.1 cm³/mol. The molecule has 0 bridgehead atoms. The van der Waals surface area contributed by atoms with Gasteiger partial charge in [-0.25, -0.2) is 4.98 Å². The number of hydrogen-bond acceptors (Lipinski definition) is 4. The van der Waals surface area contributed by atoms with Crippen molar-refractivity contribution in [2.75, 3.05) is 4.90 Å². The number of nitrogens with two attached hydrogens (primary N) is 1. The van der Waals surface area contributed by atoms with Crippen LogP contribution in [0.4, 0.5) is 5.82 Å². The molecule has 2 aromatic rings. The Morgan fingerprint density at radius 1 is 1.40 bits per heavy atom. The van der Waals surface area contributed by atoms with Crippen LogP contribution in [0.1, 0.15) is 30.2 Å². The van der Waals surface area contributed by atoms with Gasteiger partial charge in [0.2, 0.25) is 0 Å². The van der Waals surface area contributed by atoms with Crippen LogP contribution in [0.2, 0.25) is 0 Å². The van der Waals surface area contributed by atoms with E-state index in [1.54, 1.807) is 0 Å². The molecule has 20 heavy (non-hydrogen) atoms. The maximum Gasteiger partial charge on any atom is 0.129 e. The van der Waals surface area contributed by atoms with Crippen molar-refractivity contribution >= 4 is 17.2 Å². The van der Waals surface area contributed by atoms with Gasteiger partial charge in [0.1, 0.15) is 5.82 Å². The molecule has 0 saturated heterocycles. The van der Waals surface area contributed by atoms with Gasteiger partial charge in [0.15, 0.2) is 0 Å². The highest BCUT2D eigenvalue weighted by Gasteiger charge is 2.30. The lowest BCUT2D eigenvalue weighted by atomic mass is 10.1. The van der Waals surface area contributed by atoms with E-state index >= 15 is 0 Å². The molecule has 1 unspecified atom stereocenters. The smallest absolute Gasteiger partial charge is 0.129 e. The number of hydrogen-bond donors (Lipinski definition) is 1. The molecule has 0 spiro atoms. The van der Waals surface area contributed by atoms with E-state index in [0.29, 0.717) is 6.04 Å². The van der Waals surface area contributed by atoms with Crippen LogP contribution >= 0.6 is 11.3 Å². The Balaban J connectivity index is 1.74. The number of anilines is 1. The van der Waals surface area contributed by atoms with Gasteiger partial charge in [-0.3, -0.25) is 0 Å². The Morgan fingerprint density at radius 3 is 2.80 bits per heavy atom. The zero-order chi connectivity index (χ0) is 13.9. The van der Waals surface area contributed by atoms with Gasteiger partial charge in [-0.15, -0.1) is 11.3 Å². The van der Waals surface area contributed by atoms with E-state index in [1.165, 1.54) is 23.3 Å². The Morgan fingerprint density at radius 2 is 2.25 bits per heavy atom. The van der Waals surface area contributed by atoms with Crippen LogP contribution in [0.5, 0.6) is 0 Å². The molecule has 1 aliphatic carbocycles. The van der Waals surface area contributed by atoms with Crippen LogP contribution in [0.25, 0.3) is 0 Å². The van der Waals surface area contributed by atoms with E-state index in [9.17, 15) is 0 Å². The average molecular weight is 287 g/mol. The molecule has 106 valence electrons. The monoisotopic (exact) mass is 287 g/mol. The first kappa shape index (κ1) is 13.6. The molecule has 2 heterocycles. The van der Waals surface area contributed by atoms with E-state index in [2.05, 4.69) is 39.5 Å². The summed E-state index contributed by atoms with van der Waals surface area (Å²) in [5.41, 5.74) is 7.05. The molecular formula is C16H21N3S. The largest absolute Gasteiger partial charge is 0.348 e. The Kier molecular flexibility index (Phi) is 4.03. The van der Waals surface area contributed by atoms with Crippen molar-refractivity contribution in [1.82, 2.24) is 4.98 Å². The molecule has 3 nitrogen and oxygen atoms in total. The summed E-state index contributed by atoms with van der Waals surface area (Å²) in [7, 11) is 0. The van der Waals surface area contributed by atoms with E-state index in [1.807, 2.05) is 24.5 Å². The number of nitrogens with zero attached hydrogens (tertiary/aromatic N) is 2. The summed E-state index contributed by atoms with van der Waals surface area (Å²) in [6, 6.07) is 9.48. The van der Waals surface area contributed by atoms with Crippen molar-refractivity contribution in [1.29, 1.82) is 0 Å². The maximum atomic E-state index is 5.83. The van der Waals surface area contributed by atoms with Crippen molar-refractivity contribution in [2.45, 2.75) is 44.8 Å². The molecule has 4 heteroatoms. The highest BCUT2D eigenvalue weighted by atomic mass is 32.1. The fraction of sp³-hybridized carbons (Fsp3) is 0.438. The molecule has 0 aromatic carbocycles. The molecule has 1 saturated carbocycles. The van der Waals surface area contributed by atoms with Crippen molar-refractivity contribution in [3.05, 3.63) is 46.3 Å². The maximum absolute atomic E-state index is 5.83. The van der Waals surface area contributed by atoms with Crippen LogP contribution in [0.15, 0.2) is 35.8 Å². The molecule has 1 aliphatic rings. The SMILES string of the molecule is CC(N)Cc1ccc(N(Cc2cccs2)C2CC2)nc1. The quantitative estimate of drug-likeness (QED) is 0.887. The van der Waals surface area contributed by atoms with Gasteiger partial charge in [-0.1, -0.05) is 12.1 Å². The third kappa shape index (κ3) is 3.38. The third-order valence-corrected chi connectivity index (χ3v) is 4.42. The van der Waals surface area contributed by atoms with E-state index in [0.717, 1.165) is 18.8 Å². The molecule has 3 rings (SSSR count). The van der Waals surface area contributed by atoms with Crippen molar-refractivity contribution in [2.24, 2.45) is 5.73 Å². The minimum absolute atomic E-state index is 0.188. The van der Waals surface area contributed by atoms with Crippen LogP contribution in [0, 0.1) is 0 Å². The Labute approximate surface area is 124 Å². The predicted octanol–water partition coefficient (Wildman–Crippen LogP) is 3.20. The summed E-state index contributed by atoms with van der Waals surface area (Å²) in [4.78, 5) is 8.48. The Bertz CT molecular complexity index is 529. The second-order valence-corrected chi connectivity index (χ2v) is 6.68. The fourth-order valence-electron chi connectivity index (χ4n) is 2.43. The lowest BCUT2D eigenvalue weighted by molar-refractivity contribution is 0.732. The Hall–Kier alpha value is -1.39. The second kappa shape index (κ2) is 5.94. The van der Waals surface area contributed by atoms with Gasteiger partial charge >= 0.3 is 0 Å².